The monoisotopic (exact) mass is 1610 g/mol. The van der Waals surface area contributed by atoms with Crippen LogP contribution in [0.5, 0.6) is 0 Å². The Kier molecular flexibility index (Phi) is 22.2. The Morgan fingerprint density at radius 2 is 0.782 bits per heavy atom. The SMILES string of the molecule is O=c1cc(CNc2cc(-c3ccccc3F)nc3c(Br)cnn23)cc[nH]1.O=c1cc(CNc2cc(C3CCCCC3)nc3c(Br)cnn23)cc[nH]1.O=c1ccc(CNc2cc(-c3ccccc3)nc3c(Br)cnn23)c[nH]1.O=c1ccc(CNc2cc(C3CCCCC3)nc3c(Br)cnn23)c[nH]1. The van der Waals surface area contributed by atoms with Crippen LogP contribution in [0.25, 0.3) is 45.1 Å². The van der Waals surface area contributed by atoms with Gasteiger partial charge in [-0.2, -0.15) is 38.5 Å². The van der Waals surface area contributed by atoms with E-state index in [0.29, 0.717) is 65.2 Å². The number of rotatable bonds is 16. The molecule has 14 aromatic rings. The highest BCUT2D eigenvalue weighted by atomic mass is 79.9. The lowest BCUT2D eigenvalue weighted by atomic mass is 9.87. The quantitative estimate of drug-likeness (QED) is 0.0446. The summed E-state index contributed by atoms with van der Waals surface area (Å²) < 4.78 is 24.5. The van der Waals surface area contributed by atoms with Crippen molar-refractivity contribution in [1.29, 1.82) is 0 Å². The fraction of sp³-hybridized carbons (Fsp3) is 0.222. The van der Waals surface area contributed by atoms with Gasteiger partial charge in [0, 0.05) is 134 Å². The van der Waals surface area contributed by atoms with Crippen LogP contribution in [0, 0.1) is 5.82 Å². The van der Waals surface area contributed by atoms with E-state index in [2.05, 4.69) is 142 Å². The van der Waals surface area contributed by atoms with Crippen LogP contribution in [0.4, 0.5) is 27.7 Å². The summed E-state index contributed by atoms with van der Waals surface area (Å²) in [6.45, 7) is 2.14. The zero-order chi connectivity index (χ0) is 69.8. The number of aromatic amines is 4. The van der Waals surface area contributed by atoms with Crippen LogP contribution >= 0.6 is 63.7 Å². The summed E-state index contributed by atoms with van der Waals surface area (Å²) in [5, 5.41) is 30.9. The van der Waals surface area contributed by atoms with Gasteiger partial charge in [-0.15, -0.1) is 0 Å². The fourth-order valence-electron chi connectivity index (χ4n) is 12.1. The normalized spacial score (nSPS) is 13.2. The molecule has 0 atom stereocenters. The van der Waals surface area contributed by atoms with Crippen LogP contribution in [-0.2, 0) is 26.2 Å². The van der Waals surface area contributed by atoms with Gasteiger partial charge in [0.05, 0.1) is 54.1 Å². The molecule has 0 saturated heterocycles. The van der Waals surface area contributed by atoms with Gasteiger partial charge in [0.2, 0.25) is 22.2 Å². The van der Waals surface area contributed by atoms with Gasteiger partial charge in [-0.3, -0.25) is 19.2 Å². The molecule has 24 nitrogen and oxygen atoms in total. The van der Waals surface area contributed by atoms with E-state index < -0.39 is 0 Å². The van der Waals surface area contributed by atoms with Crippen LogP contribution in [0.15, 0.2) is 214 Å². The summed E-state index contributed by atoms with van der Waals surface area (Å²) >= 11 is 14.0. The van der Waals surface area contributed by atoms with Gasteiger partial charge < -0.3 is 41.2 Å². The van der Waals surface area contributed by atoms with Crippen LogP contribution in [0.3, 0.4) is 0 Å². The third kappa shape index (κ3) is 17.2. The molecule has 0 unspecified atom stereocenters. The maximum Gasteiger partial charge on any atom is 0.248 e. The number of fused-ring (bicyclic) bond motifs is 4. The number of aromatic nitrogens is 16. The second kappa shape index (κ2) is 32.4. The Labute approximate surface area is 609 Å². The van der Waals surface area contributed by atoms with Crippen molar-refractivity contribution >= 4 is 110 Å². The Morgan fingerprint density at radius 1 is 0.396 bits per heavy atom. The van der Waals surface area contributed by atoms with Crippen molar-refractivity contribution in [2.75, 3.05) is 21.3 Å². The maximum absolute atomic E-state index is 14.2. The van der Waals surface area contributed by atoms with Crippen LogP contribution in [0.2, 0.25) is 0 Å². The minimum Gasteiger partial charge on any atom is -0.366 e. The van der Waals surface area contributed by atoms with E-state index in [0.717, 1.165) is 92.7 Å². The average molecular weight is 1620 g/mol. The average Bonchev–Trinajstić information content (AvgIpc) is 1.73. The number of nitrogens with zero attached hydrogens (tertiary/aromatic N) is 12. The van der Waals surface area contributed by atoms with E-state index in [1.807, 2.05) is 63.6 Å². The Bertz CT molecular complexity index is 5430. The third-order valence-corrected chi connectivity index (χ3v) is 19.5. The number of nitrogens with one attached hydrogen (secondary N) is 8. The zero-order valence-corrected chi connectivity index (χ0v) is 60.5. The summed E-state index contributed by atoms with van der Waals surface area (Å²) in [7, 11) is 0. The van der Waals surface area contributed by atoms with Crippen molar-refractivity contribution in [3.8, 4) is 22.5 Å². The van der Waals surface area contributed by atoms with E-state index in [9.17, 15) is 23.6 Å². The predicted octanol–water partition coefficient (Wildman–Crippen LogP) is 14.7. The largest absolute Gasteiger partial charge is 0.366 e. The number of hydrogen-bond donors (Lipinski definition) is 8. The standard InChI is InChI=1S/C18H13BrFN5O.C18H20BrN5O.C18H14BrN5O.C18H20BrN5O/c19-13-10-23-25-16(22-9-11-5-6-21-17(26)7-11)8-15(24-18(13)25)12-3-1-2-4-14(12)20;2*19-14-11-22-24-16(20-9-12-6-7-17(25)21-10-12)8-15(23-18(14)24)13-4-2-1-3-5-13;19-14-11-22-24-16(21-10-12-6-7-20-17(25)8-12)9-15(23-18(14)24)13-4-2-1-3-5-13/h1-8,10,22H,9H2,(H,21,26);6-8,10-11,13,20H,1-5,9H2,(H,21,25);1-8,10-11,20H,9H2,(H,21,25);6-9,11,13,21H,1-5,10H2,(H,20,25). The molecule has 2 fully saturated rings. The predicted molar refractivity (Wildman–Crippen MR) is 403 cm³/mol. The minimum absolute atomic E-state index is 0.0920. The molecule has 16 rings (SSSR count). The van der Waals surface area contributed by atoms with Crippen molar-refractivity contribution in [3.05, 3.63) is 276 Å². The second-order valence-corrected chi connectivity index (χ2v) is 27.7. The molecule has 101 heavy (non-hydrogen) atoms. The lowest BCUT2D eigenvalue weighted by Gasteiger charge is -2.22. The van der Waals surface area contributed by atoms with Crippen molar-refractivity contribution in [3.63, 3.8) is 0 Å². The van der Waals surface area contributed by atoms with Crippen LogP contribution in [0.1, 0.15) is 110 Å². The first-order chi connectivity index (χ1) is 49.2. The Hall–Kier alpha value is -10.2. The van der Waals surface area contributed by atoms with Gasteiger partial charge in [-0.05, 0) is 136 Å². The van der Waals surface area contributed by atoms with Crippen LogP contribution < -0.4 is 43.5 Å². The molecule has 2 aliphatic rings. The third-order valence-electron chi connectivity index (χ3n) is 17.3. The van der Waals surface area contributed by atoms with Crippen molar-refractivity contribution < 1.29 is 4.39 Å². The highest BCUT2D eigenvalue weighted by molar-refractivity contribution is 9.11. The molecule has 0 spiro atoms. The number of pyridine rings is 4. The van der Waals surface area contributed by atoms with Gasteiger partial charge in [-0.1, -0.05) is 93.1 Å². The van der Waals surface area contributed by atoms with Crippen molar-refractivity contribution in [1.82, 2.24) is 78.3 Å². The molecule has 2 aliphatic carbocycles. The second-order valence-electron chi connectivity index (χ2n) is 24.3. The number of H-pyrrole nitrogens is 4. The number of benzene rings is 2. The molecular weight excluding hydrogens is 1550 g/mol. The Morgan fingerprint density at radius 3 is 1.20 bits per heavy atom. The molecule has 514 valence electrons. The summed E-state index contributed by atoms with van der Waals surface area (Å²) in [6.07, 6.45) is 26.1. The summed E-state index contributed by atoms with van der Waals surface area (Å²) in [6, 6.07) is 37.9. The van der Waals surface area contributed by atoms with Crippen LogP contribution in [-0.4, -0.2) is 78.3 Å². The molecule has 8 N–H and O–H groups in total. The van der Waals surface area contributed by atoms with E-state index in [4.69, 9.17) is 15.0 Å². The smallest absolute Gasteiger partial charge is 0.248 e. The molecule has 0 amide bonds. The summed E-state index contributed by atoms with van der Waals surface area (Å²) in [5.41, 5.74) is 11.3. The van der Waals surface area contributed by atoms with E-state index in [1.165, 1.54) is 88.5 Å². The van der Waals surface area contributed by atoms with Gasteiger partial charge in [0.25, 0.3) is 0 Å². The first-order valence-corrected chi connectivity index (χ1v) is 36.0. The molecular formula is C72H67Br4FN20O4. The van der Waals surface area contributed by atoms with Gasteiger partial charge in [0.1, 0.15) is 29.1 Å². The van der Waals surface area contributed by atoms with Gasteiger partial charge in [-0.25, -0.2) is 24.3 Å². The number of hydrogen-bond acceptors (Lipinski definition) is 16. The highest BCUT2D eigenvalue weighted by Gasteiger charge is 2.23. The highest BCUT2D eigenvalue weighted by Crippen LogP contribution is 2.36. The topological polar surface area (TPSA) is 300 Å². The first-order valence-electron chi connectivity index (χ1n) is 32.9. The minimum atomic E-state index is -0.347. The Balaban J connectivity index is 0.000000120. The van der Waals surface area contributed by atoms with Gasteiger partial charge >= 0.3 is 0 Å². The molecule has 0 radical (unpaired) electrons. The molecule has 12 heterocycles. The molecule has 2 aromatic carbocycles. The lowest BCUT2D eigenvalue weighted by Crippen LogP contribution is -2.12. The number of anilines is 4. The van der Waals surface area contributed by atoms with E-state index >= 15 is 0 Å². The molecule has 0 bridgehead atoms. The lowest BCUT2D eigenvalue weighted by molar-refractivity contribution is 0.437. The zero-order valence-electron chi connectivity index (χ0n) is 54.2. The fourth-order valence-corrected chi connectivity index (χ4v) is 13.5. The maximum atomic E-state index is 14.2. The first kappa shape index (κ1) is 69.3. The van der Waals surface area contributed by atoms with Crippen molar-refractivity contribution in [2.45, 2.75) is 102 Å². The number of halogens is 5. The van der Waals surface area contributed by atoms with Gasteiger partial charge in [0.15, 0.2) is 22.6 Å². The summed E-state index contributed by atoms with van der Waals surface area (Å²) in [5.74, 6) is 3.97. The molecule has 0 aliphatic heterocycles. The summed E-state index contributed by atoms with van der Waals surface area (Å²) in [4.78, 5) is 74.8. The van der Waals surface area contributed by atoms with E-state index in [1.54, 1.807) is 95.0 Å². The van der Waals surface area contributed by atoms with E-state index in [-0.39, 0.29) is 28.1 Å². The molecule has 12 aromatic heterocycles. The molecule has 29 heteroatoms. The molecule has 2 saturated carbocycles. The van der Waals surface area contributed by atoms with Crippen molar-refractivity contribution in [2.24, 2.45) is 0 Å².